The van der Waals surface area contributed by atoms with E-state index < -0.39 is 0 Å². The van der Waals surface area contributed by atoms with Crippen molar-refractivity contribution in [1.29, 1.82) is 0 Å². The molecule has 0 aliphatic carbocycles. The summed E-state index contributed by atoms with van der Waals surface area (Å²) in [6.45, 7) is 5.06. The Labute approximate surface area is 162 Å². The molecule has 0 radical (unpaired) electrons. The summed E-state index contributed by atoms with van der Waals surface area (Å²) < 4.78 is 17.0. The molecule has 2 heterocycles. The molecule has 0 spiro atoms. The van der Waals surface area contributed by atoms with Gasteiger partial charge < -0.3 is 24.8 Å². The van der Waals surface area contributed by atoms with Crippen LogP contribution in [-0.2, 0) is 0 Å². The van der Waals surface area contributed by atoms with Gasteiger partial charge in [-0.05, 0) is 38.1 Å². The molecule has 0 atom stereocenters. The van der Waals surface area contributed by atoms with Gasteiger partial charge in [0.1, 0.15) is 19.0 Å². The van der Waals surface area contributed by atoms with Gasteiger partial charge in [0.2, 0.25) is 5.95 Å². The van der Waals surface area contributed by atoms with E-state index in [2.05, 4.69) is 25.8 Å². The zero-order chi connectivity index (χ0) is 19.3. The number of benzene rings is 2. The quantitative estimate of drug-likeness (QED) is 0.666. The van der Waals surface area contributed by atoms with Crippen LogP contribution in [0.4, 0.5) is 23.1 Å². The maximum atomic E-state index is 5.82. The van der Waals surface area contributed by atoms with Crippen LogP contribution in [0.25, 0.3) is 0 Å². The predicted octanol–water partition coefficient (Wildman–Crippen LogP) is 3.92. The van der Waals surface area contributed by atoms with Gasteiger partial charge in [0.05, 0.1) is 18.0 Å². The van der Waals surface area contributed by atoms with Crippen molar-refractivity contribution in [2.75, 3.05) is 23.8 Å². The fourth-order valence-corrected chi connectivity index (χ4v) is 2.73. The molecule has 28 heavy (non-hydrogen) atoms. The van der Waals surface area contributed by atoms with Gasteiger partial charge in [0.25, 0.3) is 0 Å². The Bertz CT molecular complexity index is 964. The highest BCUT2D eigenvalue weighted by Gasteiger charge is 2.12. The van der Waals surface area contributed by atoms with Crippen molar-refractivity contribution in [3.05, 3.63) is 48.7 Å². The van der Waals surface area contributed by atoms with Crippen LogP contribution < -0.4 is 24.8 Å². The summed E-state index contributed by atoms with van der Waals surface area (Å²) in [6.07, 6.45) is 1.61. The van der Waals surface area contributed by atoms with Crippen LogP contribution in [0.3, 0.4) is 0 Å². The standard InChI is InChI=1S/C20H21N5O3/c1-13(2)28-16-6-4-3-5-15(16)23-20-24-19(12-21-25-20)22-14-7-8-17-18(11-14)27-10-9-26-17/h3-8,11-13H,9-10H2,1-2H3,(H2,22,23,24,25). The lowest BCUT2D eigenvalue weighted by Gasteiger charge is -2.19. The number of fused-ring (bicyclic) bond motifs is 1. The first kappa shape index (κ1) is 17.8. The minimum atomic E-state index is 0.0604. The predicted molar refractivity (Wildman–Crippen MR) is 106 cm³/mol. The minimum absolute atomic E-state index is 0.0604. The van der Waals surface area contributed by atoms with Gasteiger partial charge in [-0.3, -0.25) is 0 Å². The van der Waals surface area contributed by atoms with Gasteiger partial charge in [-0.2, -0.15) is 10.1 Å². The normalized spacial score (nSPS) is 12.5. The van der Waals surface area contributed by atoms with E-state index in [0.717, 1.165) is 22.9 Å². The van der Waals surface area contributed by atoms with Crippen LogP contribution in [0.1, 0.15) is 13.8 Å². The van der Waals surface area contributed by atoms with Crippen molar-refractivity contribution in [2.24, 2.45) is 0 Å². The van der Waals surface area contributed by atoms with E-state index in [1.54, 1.807) is 6.20 Å². The lowest BCUT2D eigenvalue weighted by molar-refractivity contribution is 0.171. The Morgan fingerprint density at radius 1 is 1.00 bits per heavy atom. The van der Waals surface area contributed by atoms with Gasteiger partial charge in [-0.15, -0.1) is 5.10 Å². The average Bonchev–Trinajstić information content (AvgIpc) is 2.69. The second-order valence-electron chi connectivity index (χ2n) is 6.44. The van der Waals surface area contributed by atoms with Gasteiger partial charge in [0.15, 0.2) is 17.3 Å². The topological polar surface area (TPSA) is 90.4 Å². The molecule has 1 aliphatic rings. The maximum Gasteiger partial charge on any atom is 0.249 e. The number of hydrogen-bond acceptors (Lipinski definition) is 8. The van der Waals surface area contributed by atoms with Gasteiger partial charge in [0, 0.05) is 11.8 Å². The third-order valence-corrected chi connectivity index (χ3v) is 3.87. The van der Waals surface area contributed by atoms with Gasteiger partial charge in [-0.1, -0.05) is 12.1 Å². The molecule has 144 valence electrons. The third-order valence-electron chi connectivity index (χ3n) is 3.87. The Morgan fingerprint density at radius 2 is 1.82 bits per heavy atom. The Kier molecular flexibility index (Phi) is 5.09. The van der Waals surface area contributed by atoms with E-state index in [1.165, 1.54) is 0 Å². The molecule has 0 amide bonds. The Morgan fingerprint density at radius 3 is 2.68 bits per heavy atom. The van der Waals surface area contributed by atoms with E-state index in [1.807, 2.05) is 56.3 Å². The highest BCUT2D eigenvalue weighted by Crippen LogP contribution is 2.33. The summed E-state index contributed by atoms with van der Waals surface area (Å²) in [6, 6.07) is 13.3. The smallest absolute Gasteiger partial charge is 0.249 e. The number of nitrogens with one attached hydrogen (secondary N) is 2. The Balaban J connectivity index is 1.51. The first-order valence-electron chi connectivity index (χ1n) is 9.06. The molecule has 3 aromatic rings. The molecule has 0 unspecified atom stereocenters. The van der Waals surface area contributed by atoms with Crippen LogP contribution in [0, 0.1) is 0 Å². The molecule has 8 heteroatoms. The average molecular weight is 379 g/mol. The summed E-state index contributed by atoms with van der Waals surface area (Å²) in [4.78, 5) is 4.47. The fraction of sp³-hybridized carbons (Fsp3) is 0.250. The summed E-state index contributed by atoms with van der Waals surface area (Å²) >= 11 is 0. The lowest BCUT2D eigenvalue weighted by Crippen LogP contribution is -2.15. The van der Waals surface area contributed by atoms with Crippen LogP contribution in [0.5, 0.6) is 17.2 Å². The van der Waals surface area contributed by atoms with Crippen molar-refractivity contribution in [3.8, 4) is 17.2 Å². The second kappa shape index (κ2) is 7.99. The number of aromatic nitrogens is 3. The fourth-order valence-electron chi connectivity index (χ4n) is 2.73. The first-order valence-corrected chi connectivity index (χ1v) is 9.06. The van der Waals surface area contributed by atoms with Crippen molar-refractivity contribution >= 4 is 23.1 Å². The van der Waals surface area contributed by atoms with E-state index in [-0.39, 0.29) is 6.10 Å². The summed E-state index contributed by atoms with van der Waals surface area (Å²) in [5.74, 6) is 3.09. The van der Waals surface area contributed by atoms with Crippen LogP contribution in [-0.4, -0.2) is 34.5 Å². The first-order chi connectivity index (χ1) is 13.7. The number of nitrogens with zero attached hydrogens (tertiary/aromatic N) is 3. The zero-order valence-electron chi connectivity index (χ0n) is 15.7. The van der Waals surface area contributed by atoms with Gasteiger partial charge >= 0.3 is 0 Å². The van der Waals surface area contributed by atoms with Gasteiger partial charge in [-0.25, -0.2) is 0 Å². The maximum absolute atomic E-state index is 5.82. The van der Waals surface area contributed by atoms with Crippen LogP contribution in [0.2, 0.25) is 0 Å². The van der Waals surface area contributed by atoms with Crippen molar-refractivity contribution < 1.29 is 14.2 Å². The molecule has 4 rings (SSSR count). The molecule has 8 nitrogen and oxygen atoms in total. The van der Waals surface area contributed by atoms with E-state index in [0.29, 0.717) is 30.7 Å². The lowest BCUT2D eigenvalue weighted by atomic mass is 10.2. The van der Waals surface area contributed by atoms with Crippen molar-refractivity contribution in [3.63, 3.8) is 0 Å². The monoisotopic (exact) mass is 379 g/mol. The molecule has 2 aromatic carbocycles. The van der Waals surface area contributed by atoms with Crippen LogP contribution in [0.15, 0.2) is 48.7 Å². The molecule has 0 bridgehead atoms. The largest absolute Gasteiger partial charge is 0.489 e. The summed E-state index contributed by atoms with van der Waals surface area (Å²) in [5.41, 5.74) is 1.59. The van der Waals surface area contributed by atoms with E-state index in [4.69, 9.17) is 14.2 Å². The van der Waals surface area contributed by atoms with Crippen molar-refractivity contribution in [2.45, 2.75) is 20.0 Å². The Hall–Kier alpha value is -3.55. The number of hydrogen-bond donors (Lipinski definition) is 2. The van der Waals surface area contributed by atoms with Crippen molar-refractivity contribution in [1.82, 2.24) is 15.2 Å². The third kappa shape index (κ3) is 4.22. The number of para-hydroxylation sites is 2. The second-order valence-corrected chi connectivity index (χ2v) is 6.44. The molecule has 1 aliphatic heterocycles. The number of ether oxygens (including phenoxy) is 3. The minimum Gasteiger partial charge on any atom is -0.489 e. The highest BCUT2D eigenvalue weighted by molar-refractivity contribution is 5.65. The van der Waals surface area contributed by atoms with Crippen LogP contribution >= 0.6 is 0 Å². The molecule has 2 N–H and O–H groups in total. The van der Waals surface area contributed by atoms with E-state index in [9.17, 15) is 0 Å². The highest BCUT2D eigenvalue weighted by atomic mass is 16.6. The molecule has 0 saturated carbocycles. The molecule has 0 saturated heterocycles. The summed E-state index contributed by atoms with van der Waals surface area (Å²) in [5, 5.41) is 14.4. The molecule has 1 aromatic heterocycles. The molecular formula is C20H21N5O3. The summed E-state index contributed by atoms with van der Waals surface area (Å²) in [7, 11) is 0. The van der Waals surface area contributed by atoms with E-state index >= 15 is 0 Å². The molecule has 0 fully saturated rings. The number of anilines is 4. The molecular weight excluding hydrogens is 358 g/mol. The SMILES string of the molecule is CC(C)Oc1ccccc1Nc1nncc(Nc2ccc3c(c2)OCCO3)n1. The zero-order valence-corrected chi connectivity index (χ0v) is 15.7. The number of rotatable bonds is 6.